The summed E-state index contributed by atoms with van der Waals surface area (Å²) >= 11 is 18.4. The van der Waals surface area contributed by atoms with Crippen molar-refractivity contribution in [3.8, 4) is 5.69 Å². The number of rotatable bonds is 5. The minimum absolute atomic E-state index is 0.102. The summed E-state index contributed by atoms with van der Waals surface area (Å²) in [5.74, 6) is -0.347. The summed E-state index contributed by atoms with van der Waals surface area (Å²) in [5.41, 5.74) is 1.10. The molecule has 0 radical (unpaired) electrons. The lowest BCUT2D eigenvalue weighted by atomic mass is 9.95. The largest absolute Gasteiger partial charge is 0.349 e. The van der Waals surface area contributed by atoms with Gasteiger partial charge in [0.1, 0.15) is 5.56 Å². The van der Waals surface area contributed by atoms with Gasteiger partial charge in [-0.25, -0.2) is 4.68 Å². The van der Waals surface area contributed by atoms with E-state index in [2.05, 4.69) is 5.32 Å². The molecule has 1 saturated carbocycles. The number of benzene rings is 2. The quantitative estimate of drug-likeness (QED) is 0.510. The van der Waals surface area contributed by atoms with E-state index in [1.165, 1.54) is 11.1 Å². The molecule has 0 spiro atoms. The lowest BCUT2D eigenvalue weighted by Crippen LogP contribution is -2.38. The molecular formula is C23H22Cl3N3O2. The highest BCUT2D eigenvalue weighted by molar-refractivity contribution is 6.35. The molecule has 0 bridgehead atoms. The van der Waals surface area contributed by atoms with Crippen molar-refractivity contribution >= 4 is 40.7 Å². The third-order valence-electron chi connectivity index (χ3n) is 5.56. The monoisotopic (exact) mass is 477 g/mol. The molecule has 0 saturated heterocycles. The molecule has 5 nitrogen and oxygen atoms in total. The van der Waals surface area contributed by atoms with E-state index in [-0.39, 0.29) is 23.1 Å². The summed E-state index contributed by atoms with van der Waals surface area (Å²) in [7, 11) is 0. The number of nitrogens with zero attached hydrogens (tertiary/aromatic N) is 2. The van der Waals surface area contributed by atoms with Crippen LogP contribution in [0.3, 0.4) is 0 Å². The van der Waals surface area contributed by atoms with Crippen molar-refractivity contribution in [3.05, 3.63) is 85.2 Å². The molecule has 162 valence electrons. The second-order valence-electron chi connectivity index (χ2n) is 7.78. The molecular weight excluding hydrogens is 457 g/mol. The first-order valence-electron chi connectivity index (χ1n) is 10.3. The maximum atomic E-state index is 13.3. The van der Waals surface area contributed by atoms with Crippen LogP contribution in [0.25, 0.3) is 5.69 Å². The van der Waals surface area contributed by atoms with Crippen LogP contribution in [0.15, 0.2) is 53.5 Å². The smallest absolute Gasteiger partial charge is 0.284 e. The molecule has 1 fully saturated rings. The van der Waals surface area contributed by atoms with Crippen LogP contribution in [-0.2, 0) is 6.54 Å². The van der Waals surface area contributed by atoms with Gasteiger partial charge >= 0.3 is 0 Å². The van der Waals surface area contributed by atoms with Crippen molar-refractivity contribution in [1.82, 2.24) is 14.7 Å². The van der Waals surface area contributed by atoms with Crippen molar-refractivity contribution < 1.29 is 4.79 Å². The average molecular weight is 479 g/mol. The van der Waals surface area contributed by atoms with Crippen LogP contribution in [0, 0.1) is 0 Å². The lowest BCUT2D eigenvalue weighted by molar-refractivity contribution is 0.0926. The Labute approximate surface area is 195 Å². The van der Waals surface area contributed by atoms with Crippen molar-refractivity contribution in [3.63, 3.8) is 0 Å². The van der Waals surface area contributed by atoms with Gasteiger partial charge in [0.2, 0.25) is 0 Å². The van der Waals surface area contributed by atoms with Crippen LogP contribution in [0.5, 0.6) is 0 Å². The normalized spacial score (nSPS) is 14.5. The van der Waals surface area contributed by atoms with E-state index in [0.29, 0.717) is 27.3 Å². The van der Waals surface area contributed by atoms with E-state index in [1.54, 1.807) is 47.3 Å². The number of halogens is 3. The van der Waals surface area contributed by atoms with Crippen molar-refractivity contribution in [1.29, 1.82) is 0 Å². The van der Waals surface area contributed by atoms with Crippen molar-refractivity contribution in [2.45, 2.75) is 44.7 Å². The SMILES string of the molecule is O=C(NC1CCCCC1)c1cn(Cc2ccc(Cl)cc2Cl)n(-c2ccc(Cl)cc2)c1=O. The van der Waals surface area contributed by atoms with Crippen LogP contribution in [-0.4, -0.2) is 21.3 Å². The number of carbonyl (C=O) groups is 1. The predicted octanol–water partition coefficient (Wildman–Crippen LogP) is 5.71. The third kappa shape index (κ3) is 5.00. The zero-order valence-corrected chi connectivity index (χ0v) is 19.1. The van der Waals surface area contributed by atoms with Gasteiger partial charge in [0.15, 0.2) is 0 Å². The molecule has 1 N–H and O–H groups in total. The number of nitrogens with one attached hydrogen (secondary N) is 1. The Bertz CT molecular complexity index is 1150. The molecule has 3 aromatic rings. The van der Waals surface area contributed by atoms with E-state index < -0.39 is 0 Å². The second-order valence-corrected chi connectivity index (χ2v) is 9.06. The molecule has 31 heavy (non-hydrogen) atoms. The van der Waals surface area contributed by atoms with Gasteiger partial charge in [-0.1, -0.05) is 60.1 Å². The van der Waals surface area contributed by atoms with Crippen molar-refractivity contribution in [2.24, 2.45) is 0 Å². The Morgan fingerprint density at radius 1 is 0.968 bits per heavy atom. The van der Waals surface area contributed by atoms with E-state index in [1.807, 2.05) is 6.07 Å². The topological polar surface area (TPSA) is 56.0 Å². The number of hydrogen-bond donors (Lipinski definition) is 1. The van der Waals surface area contributed by atoms with Crippen LogP contribution >= 0.6 is 34.8 Å². The van der Waals surface area contributed by atoms with E-state index in [9.17, 15) is 9.59 Å². The highest BCUT2D eigenvalue weighted by atomic mass is 35.5. The number of hydrogen-bond acceptors (Lipinski definition) is 2. The first-order valence-corrected chi connectivity index (χ1v) is 11.4. The van der Waals surface area contributed by atoms with E-state index in [4.69, 9.17) is 34.8 Å². The molecule has 1 heterocycles. The first kappa shape index (κ1) is 22.0. The summed E-state index contributed by atoms with van der Waals surface area (Å²) < 4.78 is 3.16. The van der Waals surface area contributed by atoms with Gasteiger partial charge in [-0.15, -0.1) is 0 Å². The summed E-state index contributed by atoms with van der Waals surface area (Å²) in [5, 5.41) is 4.61. The molecule has 4 rings (SSSR count). The number of carbonyl (C=O) groups excluding carboxylic acids is 1. The first-order chi connectivity index (χ1) is 14.9. The lowest BCUT2D eigenvalue weighted by Gasteiger charge is -2.22. The van der Waals surface area contributed by atoms with E-state index in [0.717, 1.165) is 31.2 Å². The highest BCUT2D eigenvalue weighted by Crippen LogP contribution is 2.23. The fourth-order valence-electron chi connectivity index (χ4n) is 3.95. The van der Waals surface area contributed by atoms with E-state index >= 15 is 0 Å². The molecule has 1 aliphatic carbocycles. The van der Waals surface area contributed by atoms with Gasteiger partial charge in [-0.2, -0.15) is 0 Å². The Hall–Kier alpha value is -2.21. The minimum Gasteiger partial charge on any atom is -0.349 e. The molecule has 0 aliphatic heterocycles. The van der Waals surface area contributed by atoms with Crippen LogP contribution in [0.4, 0.5) is 0 Å². The Morgan fingerprint density at radius 3 is 2.32 bits per heavy atom. The minimum atomic E-state index is -0.388. The summed E-state index contributed by atoms with van der Waals surface area (Å²) in [6, 6.07) is 12.2. The van der Waals surface area contributed by atoms with Gasteiger partial charge in [-0.05, 0) is 54.8 Å². The molecule has 2 aromatic carbocycles. The molecule has 0 atom stereocenters. The second kappa shape index (κ2) is 9.51. The van der Waals surface area contributed by atoms with Crippen LogP contribution in [0.2, 0.25) is 15.1 Å². The standard InChI is InChI=1S/C23H22Cl3N3O2/c24-16-8-10-19(11-9-16)29-23(31)20(22(30)27-18-4-2-1-3-5-18)14-28(29)13-15-6-7-17(25)12-21(15)26/h6-12,14,18H,1-5,13H2,(H,27,30). The van der Waals surface area contributed by atoms with Gasteiger partial charge in [0.05, 0.1) is 12.2 Å². The third-order valence-corrected chi connectivity index (χ3v) is 6.40. The number of amides is 1. The van der Waals surface area contributed by atoms with Crippen molar-refractivity contribution in [2.75, 3.05) is 0 Å². The van der Waals surface area contributed by atoms with Crippen LogP contribution in [0.1, 0.15) is 48.0 Å². The molecule has 1 aliphatic rings. The molecule has 8 heteroatoms. The Kier molecular flexibility index (Phi) is 6.75. The summed E-state index contributed by atoms with van der Waals surface area (Å²) in [4.78, 5) is 26.2. The van der Waals surface area contributed by atoms with Gasteiger partial charge in [-0.3, -0.25) is 14.3 Å². The summed E-state index contributed by atoms with van der Waals surface area (Å²) in [6.45, 7) is 0.296. The molecule has 1 amide bonds. The van der Waals surface area contributed by atoms with Gasteiger partial charge < -0.3 is 5.32 Å². The highest BCUT2D eigenvalue weighted by Gasteiger charge is 2.23. The van der Waals surface area contributed by atoms with Gasteiger partial charge in [0, 0.05) is 27.3 Å². The maximum absolute atomic E-state index is 13.3. The fraction of sp³-hybridized carbons (Fsp3) is 0.304. The number of aromatic nitrogens is 2. The molecule has 1 aromatic heterocycles. The predicted molar refractivity (Wildman–Crippen MR) is 125 cm³/mol. The zero-order valence-electron chi connectivity index (χ0n) is 16.8. The maximum Gasteiger partial charge on any atom is 0.284 e. The Balaban J connectivity index is 1.73. The summed E-state index contributed by atoms with van der Waals surface area (Å²) in [6.07, 6.45) is 6.84. The Morgan fingerprint density at radius 2 is 1.65 bits per heavy atom. The van der Waals surface area contributed by atoms with Gasteiger partial charge in [0.25, 0.3) is 11.5 Å². The average Bonchev–Trinajstić information content (AvgIpc) is 3.07. The molecule has 0 unspecified atom stereocenters. The van der Waals surface area contributed by atoms with Crippen LogP contribution < -0.4 is 10.9 Å². The zero-order chi connectivity index (χ0) is 22.0. The fourth-order valence-corrected chi connectivity index (χ4v) is 4.54.